The topological polar surface area (TPSA) is 48.3 Å². The Hall–Kier alpha value is -2.36. The van der Waals surface area contributed by atoms with Crippen LogP contribution in [0.3, 0.4) is 0 Å². The van der Waals surface area contributed by atoms with Crippen molar-refractivity contribution in [2.45, 2.75) is 20.3 Å². The van der Waals surface area contributed by atoms with E-state index in [-0.39, 0.29) is 18.2 Å². The molecule has 4 nitrogen and oxygen atoms in total. The van der Waals surface area contributed by atoms with Crippen molar-refractivity contribution in [2.75, 3.05) is 0 Å². The molecule has 0 saturated heterocycles. The molecule has 0 saturated carbocycles. The summed E-state index contributed by atoms with van der Waals surface area (Å²) in [6.45, 7) is 3.80. The number of hydrogen-bond acceptors (Lipinski definition) is 3. The monoisotopic (exact) mass is 269 g/mol. The van der Waals surface area contributed by atoms with E-state index in [1.54, 1.807) is 11.6 Å². The summed E-state index contributed by atoms with van der Waals surface area (Å²) in [5.41, 5.74) is 3.86. The highest BCUT2D eigenvalue weighted by Crippen LogP contribution is 2.35. The number of hydrogen-bond donors (Lipinski definition) is 0. The summed E-state index contributed by atoms with van der Waals surface area (Å²) in [6, 6.07) is 7.47. The fourth-order valence-electron chi connectivity index (χ4n) is 2.65. The van der Waals surface area contributed by atoms with Crippen molar-refractivity contribution in [1.29, 1.82) is 0 Å². The van der Waals surface area contributed by atoms with Gasteiger partial charge in [0.05, 0.1) is 17.8 Å². The number of benzene rings is 1. The molecule has 0 bridgehead atoms. The van der Waals surface area contributed by atoms with E-state index >= 15 is 0 Å². The summed E-state index contributed by atoms with van der Waals surface area (Å²) < 4.78 is 6.97. The van der Waals surface area contributed by atoms with Gasteiger partial charge in [-0.05, 0) is 13.8 Å². The molecule has 0 aliphatic carbocycles. The Morgan fingerprint density at radius 3 is 2.45 bits per heavy atom. The van der Waals surface area contributed by atoms with Crippen molar-refractivity contribution in [3.05, 3.63) is 52.3 Å². The zero-order valence-corrected chi connectivity index (χ0v) is 11.7. The van der Waals surface area contributed by atoms with Gasteiger partial charge in [0.2, 0.25) is 5.78 Å². The highest BCUT2D eigenvalue weighted by Gasteiger charge is 2.31. The van der Waals surface area contributed by atoms with Gasteiger partial charge in [-0.25, -0.2) is 0 Å². The Kier molecular flexibility index (Phi) is 2.74. The second-order valence-electron chi connectivity index (χ2n) is 5.15. The summed E-state index contributed by atoms with van der Waals surface area (Å²) in [4.78, 5) is 24.0. The first kappa shape index (κ1) is 12.7. The van der Waals surface area contributed by atoms with Gasteiger partial charge >= 0.3 is 5.97 Å². The second kappa shape index (κ2) is 4.34. The van der Waals surface area contributed by atoms with Crippen LogP contribution in [0.1, 0.15) is 32.9 Å². The molecule has 1 aromatic carbocycles. The highest BCUT2D eigenvalue weighted by molar-refractivity contribution is 6.10. The van der Waals surface area contributed by atoms with Gasteiger partial charge in [0.25, 0.3) is 0 Å². The van der Waals surface area contributed by atoms with Gasteiger partial charge in [-0.2, -0.15) is 0 Å². The third kappa shape index (κ3) is 1.76. The summed E-state index contributed by atoms with van der Waals surface area (Å²) >= 11 is 0. The number of nitrogens with zero attached hydrogens (tertiary/aromatic N) is 1. The van der Waals surface area contributed by atoms with E-state index in [4.69, 9.17) is 4.74 Å². The zero-order valence-electron chi connectivity index (χ0n) is 11.7. The van der Waals surface area contributed by atoms with Gasteiger partial charge in [-0.15, -0.1) is 0 Å². The van der Waals surface area contributed by atoms with Crippen molar-refractivity contribution in [1.82, 2.24) is 4.57 Å². The first-order chi connectivity index (χ1) is 9.49. The van der Waals surface area contributed by atoms with Crippen LogP contribution in [0.2, 0.25) is 0 Å². The normalized spacial score (nSPS) is 13.2. The predicted octanol–water partition coefficient (Wildman–Crippen LogP) is 2.33. The van der Waals surface area contributed by atoms with E-state index < -0.39 is 0 Å². The van der Waals surface area contributed by atoms with E-state index in [2.05, 4.69) is 0 Å². The van der Waals surface area contributed by atoms with E-state index in [1.807, 2.05) is 38.1 Å². The Bertz CT molecular complexity index is 692. The molecule has 102 valence electrons. The van der Waals surface area contributed by atoms with E-state index in [1.165, 1.54) is 0 Å². The van der Waals surface area contributed by atoms with E-state index in [9.17, 15) is 9.59 Å². The molecule has 2 aromatic rings. The number of ether oxygens (including phenoxy) is 1. The standard InChI is InChI=1S/C16H15NO3/c1-9-4-6-11(7-5-9)15(19)14-10(2)16-12(17(14)3)8-13(18)20-16/h4-7H,8H2,1-3H3. The molecule has 0 N–H and O–H groups in total. The van der Waals surface area contributed by atoms with Gasteiger partial charge in [0, 0.05) is 18.2 Å². The van der Waals surface area contributed by atoms with Crippen LogP contribution in [0, 0.1) is 13.8 Å². The quantitative estimate of drug-likeness (QED) is 0.621. The van der Waals surface area contributed by atoms with Crippen LogP contribution < -0.4 is 4.74 Å². The number of carbonyl (C=O) groups excluding carboxylic acids is 2. The fraction of sp³-hybridized carbons (Fsp3) is 0.250. The molecular weight excluding hydrogens is 254 g/mol. The number of esters is 1. The van der Waals surface area contributed by atoms with Crippen molar-refractivity contribution in [3.8, 4) is 5.75 Å². The lowest BCUT2D eigenvalue weighted by Crippen LogP contribution is -2.13. The number of aromatic nitrogens is 1. The largest absolute Gasteiger partial charge is 0.424 e. The minimum absolute atomic E-state index is 0.0459. The molecule has 1 aliphatic rings. The number of fused-ring (bicyclic) bond motifs is 1. The predicted molar refractivity (Wildman–Crippen MR) is 74.1 cm³/mol. The molecule has 0 spiro atoms. The van der Waals surface area contributed by atoms with Crippen LogP contribution in [-0.2, 0) is 18.3 Å². The van der Waals surface area contributed by atoms with Crippen LogP contribution in [0.25, 0.3) is 0 Å². The number of aryl methyl sites for hydroxylation is 1. The number of ketones is 1. The fourth-order valence-corrected chi connectivity index (χ4v) is 2.65. The lowest BCUT2D eigenvalue weighted by molar-refractivity contribution is -0.131. The molecule has 0 fully saturated rings. The molecule has 0 unspecified atom stereocenters. The van der Waals surface area contributed by atoms with E-state index in [0.717, 1.165) is 16.8 Å². The highest BCUT2D eigenvalue weighted by atomic mass is 16.5. The Balaban J connectivity index is 2.08. The summed E-state index contributed by atoms with van der Waals surface area (Å²) in [5, 5.41) is 0. The maximum absolute atomic E-state index is 12.6. The average molecular weight is 269 g/mol. The van der Waals surface area contributed by atoms with E-state index in [0.29, 0.717) is 17.0 Å². The number of carbonyl (C=O) groups is 2. The van der Waals surface area contributed by atoms with Gasteiger partial charge in [-0.3, -0.25) is 9.59 Å². The van der Waals surface area contributed by atoms with Crippen molar-refractivity contribution in [2.24, 2.45) is 7.05 Å². The van der Waals surface area contributed by atoms with Gasteiger partial charge < -0.3 is 9.30 Å². The van der Waals surface area contributed by atoms with Crippen molar-refractivity contribution >= 4 is 11.8 Å². The summed E-state index contributed by atoms with van der Waals surface area (Å²) in [5.74, 6) is 0.242. The van der Waals surface area contributed by atoms with Crippen LogP contribution in [0.5, 0.6) is 5.75 Å². The van der Waals surface area contributed by atoms with Crippen molar-refractivity contribution in [3.63, 3.8) is 0 Å². The van der Waals surface area contributed by atoms with Crippen molar-refractivity contribution < 1.29 is 14.3 Å². The first-order valence-electron chi connectivity index (χ1n) is 6.49. The number of rotatable bonds is 2. The first-order valence-corrected chi connectivity index (χ1v) is 6.49. The van der Waals surface area contributed by atoms with Gasteiger partial charge in [0.1, 0.15) is 0 Å². The molecule has 0 amide bonds. The zero-order chi connectivity index (χ0) is 14.4. The smallest absolute Gasteiger partial charge is 0.317 e. The second-order valence-corrected chi connectivity index (χ2v) is 5.15. The summed E-state index contributed by atoms with van der Waals surface area (Å²) in [7, 11) is 1.80. The molecule has 1 aliphatic heterocycles. The average Bonchev–Trinajstić information content (AvgIpc) is 2.90. The third-order valence-electron chi connectivity index (χ3n) is 3.75. The van der Waals surface area contributed by atoms with Crippen LogP contribution in [0.15, 0.2) is 24.3 Å². The Labute approximate surface area is 117 Å². The molecule has 0 atom stereocenters. The Morgan fingerprint density at radius 1 is 1.20 bits per heavy atom. The maximum atomic E-state index is 12.6. The van der Waals surface area contributed by atoms with Crippen LogP contribution in [-0.4, -0.2) is 16.3 Å². The molecule has 1 aromatic heterocycles. The lowest BCUT2D eigenvalue weighted by Gasteiger charge is -2.07. The molecule has 4 heteroatoms. The lowest BCUT2D eigenvalue weighted by atomic mass is 10.0. The molecule has 2 heterocycles. The molecule has 0 radical (unpaired) electrons. The van der Waals surface area contributed by atoms with Crippen LogP contribution >= 0.6 is 0 Å². The Morgan fingerprint density at radius 2 is 1.85 bits per heavy atom. The maximum Gasteiger partial charge on any atom is 0.317 e. The molecule has 20 heavy (non-hydrogen) atoms. The van der Waals surface area contributed by atoms with Crippen LogP contribution in [0.4, 0.5) is 0 Å². The summed E-state index contributed by atoms with van der Waals surface area (Å²) in [6.07, 6.45) is 0.230. The van der Waals surface area contributed by atoms with Gasteiger partial charge in [-0.1, -0.05) is 29.8 Å². The third-order valence-corrected chi connectivity index (χ3v) is 3.75. The van der Waals surface area contributed by atoms with Gasteiger partial charge in [0.15, 0.2) is 5.75 Å². The molecular formula is C16H15NO3. The minimum Gasteiger partial charge on any atom is -0.424 e. The minimum atomic E-state index is -0.261. The SMILES string of the molecule is Cc1ccc(C(=O)c2c(C)c3c(n2C)CC(=O)O3)cc1. The molecule has 3 rings (SSSR count).